The van der Waals surface area contributed by atoms with Gasteiger partial charge in [-0.05, 0) is 48.5 Å². The quantitative estimate of drug-likeness (QED) is 0.0583. The predicted octanol–water partition coefficient (Wildman–Crippen LogP) is 8.05. The maximum atomic E-state index is 13.0. The summed E-state index contributed by atoms with van der Waals surface area (Å²) < 4.78 is 17.4. The normalized spacial score (nSPS) is 11.2. The molecule has 224 valence electrons. The molecule has 0 aliphatic heterocycles. The Morgan fingerprint density at radius 2 is 1.11 bits per heavy atom. The maximum Gasteiger partial charge on any atom is 0.366 e. The summed E-state index contributed by atoms with van der Waals surface area (Å²) in [7, 11) is 1.37. The zero-order valence-corrected chi connectivity index (χ0v) is 25.8. The Bertz CT molecular complexity index is 1870. The Morgan fingerprint density at radius 1 is 0.644 bits per heavy atom. The third-order valence-corrected chi connectivity index (χ3v) is 8.15. The molecule has 0 radical (unpaired) electrons. The third kappa shape index (κ3) is 7.80. The standard InChI is InChI=1S/C35H27N3O5S2/c1-40-38-34(26-12-14-27(15-13-26)41-20-32-36-30(22-44-32)24-8-4-2-5-9-24)35(39)43-29-18-16-28(17-19-29)42-21-33-37-31(23-45-33)25-10-6-3-7-11-25/h2-19,22-23H,20-21H2,1H3. The van der Waals surface area contributed by atoms with Gasteiger partial charge < -0.3 is 19.0 Å². The molecule has 6 rings (SSSR count). The van der Waals surface area contributed by atoms with Gasteiger partial charge in [-0.2, -0.15) is 0 Å². The van der Waals surface area contributed by atoms with E-state index < -0.39 is 5.97 Å². The summed E-state index contributed by atoms with van der Waals surface area (Å²) in [4.78, 5) is 27.3. The van der Waals surface area contributed by atoms with Crippen LogP contribution in [0.4, 0.5) is 0 Å². The fraction of sp³-hybridized carbons (Fsp3) is 0.0857. The molecule has 0 aliphatic rings. The number of oxime groups is 1. The fourth-order valence-corrected chi connectivity index (χ4v) is 5.72. The van der Waals surface area contributed by atoms with E-state index in [0.29, 0.717) is 36.0 Å². The van der Waals surface area contributed by atoms with Crippen LogP contribution in [0.2, 0.25) is 0 Å². The molecular weight excluding hydrogens is 607 g/mol. The molecule has 4 aromatic carbocycles. The highest BCUT2D eigenvalue weighted by atomic mass is 32.1. The lowest BCUT2D eigenvalue weighted by atomic mass is 10.1. The molecular formula is C35H27N3O5S2. The van der Waals surface area contributed by atoms with Crippen LogP contribution in [0, 0.1) is 0 Å². The monoisotopic (exact) mass is 633 g/mol. The van der Waals surface area contributed by atoms with E-state index in [9.17, 15) is 4.79 Å². The number of aromatic nitrogens is 2. The molecule has 0 bridgehead atoms. The van der Waals surface area contributed by atoms with Crippen LogP contribution in [-0.4, -0.2) is 28.8 Å². The Morgan fingerprint density at radius 3 is 1.60 bits per heavy atom. The van der Waals surface area contributed by atoms with Gasteiger partial charge in [-0.1, -0.05) is 65.8 Å². The van der Waals surface area contributed by atoms with Crippen LogP contribution in [0.25, 0.3) is 22.5 Å². The highest BCUT2D eigenvalue weighted by molar-refractivity contribution is 7.10. The molecule has 0 unspecified atom stereocenters. The summed E-state index contributed by atoms with van der Waals surface area (Å²) in [6.07, 6.45) is 0. The number of carbonyl (C=O) groups excluding carboxylic acids is 1. The summed E-state index contributed by atoms with van der Waals surface area (Å²) in [6, 6.07) is 33.8. The first-order valence-electron chi connectivity index (χ1n) is 13.9. The molecule has 0 N–H and O–H groups in total. The van der Waals surface area contributed by atoms with Crippen molar-refractivity contribution < 1.29 is 23.8 Å². The summed E-state index contributed by atoms with van der Waals surface area (Å²) >= 11 is 3.08. The van der Waals surface area contributed by atoms with E-state index in [1.807, 2.05) is 71.4 Å². The molecule has 45 heavy (non-hydrogen) atoms. The van der Waals surface area contributed by atoms with Crippen LogP contribution in [0.15, 0.2) is 125 Å². The predicted molar refractivity (Wildman–Crippen MR) is 176 cm³/mol. The number of benzene rings is 4. The zero-order chi connectivity index (χ0) is 30.8. The molecule has 6 aromatic rings. The molecule has 2 heterocycles. The Hall–Kier alpha value is -5.32. The largest absolute Gasteiger partial charge is 0.486 e. The summed E-state index contributed by atoms with van der Waals surface area (Å²) in [5, 5.41) is 9.66. The number of rotatable bonds is 12. The van der Waals surface area contributed by atoms with Crippen LogP contribution in [0.3, 0.4) is 0 Å². The fourth-order valence-electron chi connectivity index (χ4n) is 4.29. The van der Waals surface area contributed by atoms with Gasteiger partial charge in [-0.3, -0.25) is 0 Å². The minimum atomic E-state index is -0.661. The van der Waals surface area contributed by atoms with Crippen molar-refractivity contribution in [3.05, 3.63) is 136 Å². The van der Waals surface area contributed by atoms with E-state index in [1.54, 1.807) is 71.2 Å². The zero-order valence-electron chi connectivity index (χ0n) is 24.2. The van der Waals surface area contributed by atoms with Crippen LogP contribution < -0.4 is 14.2 Å². The number of thiazole rings is 2. The van der Waals surface area contributed by atoms with E-state index in [-0.39, 0.29) is 5.71 Å². The second kappa shape index (κ2) is 14.4. The van der Waals surface area contributed by atoms with Crippen molar-refractivity contribution in [3.8, 4) is 39.8 Å². The number of hydrogen-bond donors (Lipinski definition) is 0. The second-order valence-corrected chi connectivity index (χ2v) is 11.5. The Kier molecular flexibility index (Phi) is 9.54. The number of carbonyl (C=O) groups is 1. The molecule has 0 saturated heterocycles. The topological polar surface area (TPSA) is 92.1 Å². The van der Waals surface area contributed by atoms with E-state index >= 15 is 0 Å². The van der Waals surface area contributed by atoms with Crippen molar-refractivity contribution in [1.82, 2.24) is 9.97 Å². The molecule has 0 aliphatic carbocycles. The molecule has 10 heteroatoms. The van der Waals surface area contributed by atoms with Gasteiger partial charge in [0.2, 0.25) is 0 Å². The van der Waals surface area contributed by atoms with Crippen molar-refractivity contribution in [2.45, 2.75) is 13.2 Å². The molecule has 2 aromatic heterocycles. The van der Waals surface area contributed by atoms with Gasteiger partial charge in [-0.15, -0.1) is 22.7 Å². The van der Waals surface area contributed by atoms with Gasteiger partial charge in [0.25, 0.3) is 0 Å². The van der Waals surface area contributed by atoms with Crippen molar-refractivity contribution in [3.63, 3.8) is 0 Å². The van der Waals surface area contributed by atoms with Crippen molar-refractivity contribution in [2.75, 3.05) is 7.11 Å². The average molecular weight is 634 g/mol. The molecule has 0 amide bonds. The van der Waals surface area contributed by atoms with Gasteiger partial charge >= 0.3 is 5.97 Å². The lowest BCUT2D eigenvalue weighted by molar-refractivity contribution is -0.127. The highest BCUT2D eigenvalue weighted by Crippen LogP contribution is 2.25. The van der Waals surface area contributed by atoms with Gasteiger partial charge in [0, 0.05) is 27.5 Å². The first kappa shape index (κ1) is 29.7. The first-order chi connectivity index (χ1) is 22.1. The van der Waals surface area contributed by atoms with Crippen molar-refractivity contribution in [2.24, 2.45) is 5.16 Å². The maximum absolute atomic E-state index is 13.0. The second-order valence-electron chi connectivity index (χ2n) is 9.57. The van der Waals surface area contributed by atoms with Gasteiger partial charge in [-0.25, -0.2) is 14.8 Å². The van der Waals surface area contributed by atoms with Crippen molar-refractivity contribution >= 4 is 34.4 Å². The molecule has 0 fully saturated rings. The number of nitrogens with zero attached hydrogens (tertiary/aromatic N) is 3. The minimum absolute atomic E-state index is 0.0230. The number of ether oxygens (including phenoxy) is 3. The lowest BCUT2D eigenvalue weighted by Crippen LogP contribution is -2.22. The summed E-state index contributed by atoms with van der Waals surface area (Å²) in [6.45, 7) is 0.662. The van der Waals surface area contributed by atoms with Crippen LogP contribution >= 0.6 is 22.7 Å². The highest BCUT2D eigenvalue weighted by Gasteiger charge is 2.18. The Labute approximate surface area is 268 Å². The molecule has 0 saturated carbocycles. The van der Waals surface area contributed by atoms with Crippen molar-refractivity contribution in [1.29, 1.82) is 0 Å². The van der Waals surface area contributed by atoms with Crippen LogP contribution in [0.1, 0.15) is 15.6 Å². The van der Waals surface area contributed by atoms with Gasteiger partial charge in [0.1, 0.15) is 47.6 Å². The third-order valence-electron chi connectivity index (χ3n) is 6.51. The average Bonchev–Trinajstić information content (AvgIpc) is 3.78. The van der Waals surface area contributed by atoms with Crippen LogP contribution in [-0.2, 0) is 22.8 Å². The summed E-state index contributed by atoms with van der Waals surface area (Å²) in [5.74, 6) is 0.938. The SMILES string of the molecule is CON=C(C(=O)Oc1ccc(OCc2nc(-c3ccccc3)cs2)cc1)c1ccc(OCc2nc(-c3ccccc3)cs2)cc1. The van der Waals surface area contributed by atoms with Gasteiger partial charge in [0.05, 0.1) is 11.4 Å². The summed E-state index contributed by atoms with van der Waals surface area (Å²) in [5.41, 5.74) is 4.52. The molecule has 0 atom stereocenters. The number of esters is 1. The van der Waals surface area contributed by atoms with E-state index in [0.717, 1.165) is 32.5 Å². The van der Waals surface area contributed by atoms with E-state index in [2.05, 4.69) is 15.1 Å². The van der Waals surface area contributed by atoms with Crippen LogP contribution in [0.5, 0.6) is 17.2 Å². The Balaban J connectivity index is 1.02. The molecule has 0 spiro atoms. The number of hydrogen-bond acceptors (Lipinski definition) is 10. The first-order valence-corrected chi connectivity index (χ1v) is 15.7. The van der Waals surface area contributed by atoms with Gasteiger partial charge in [0.15, 0.2) is 5.71 Å². The van der Waals surface area contributed by atoms with E-state index in [1.165, 1.54) is 7.11 Å². The van der Waals surface area contributed by atoms with E-state index in [4.69, 9.17) is 19.0 Å². The lowest BCUT2D eigenvalue weighted by Gasteiger charge is -2.09. The molecule has 8 nitrogen and oxygen atoms in total. The minimum Gasteiger partial charge on any atom is -0.486 e. The smallest absolute Gasteiger partial charge is 0.366 e.